The summed E-state index contributed by atoms with van der Waals surface area (Å²) < 4.78 is 0. The Morgan fingerprint density at radius 2 is 1.04 bits per heavy atom. The molecular formula is C25H44. The number of benzene rings is 1. The summed E-state index contributed by atoms with van der Waals surface area (Å²) in [4.78, 5) is 0. The lowest BCUT2D eigenvalue weighted by molar-refractivity contribution is 0.535. The lowest BCUT2D eigenvalue weighted by Crippen LogP contribution is -1.96. The number of hydrogen-bond acceptors (Lipinski definition) is 0. The van der Waals surface area contributed by atoms with Gasteiger partial charge in [-0.15, -0.1) is 0 Å². The number of unbranched alkanes of at least 4 members (excludes halogenated alkanes) is 13. The molecule has 0 nitrogen and oxygen atoms in total. The smallest absolute Gasteiger partial charge is 0.0216 e. The molecule has 0 fully saturated rings. The van der Waals surface area contributed by atoms with Crippen LogP contribution in [0.5, 0.6) is 0 Å². The fourth-order valence-electron chi connectivity index (χ4n) is 3.84. The van der Waals surface area contributed by atoms with E-state index in [0.29, 0.717) is 5.92 Å². The van der Waals surface area contributed by atoms with Crippen molar-refractivity contribution in [1.29, 1.82) is 0 Å². The average Bonchev–Trinajstić information content (AvgIpc) is 2.62. The van der Waals surface area contributed by atoms with E-state index in [1.807, 2.05) is 0 Å². The highest BCUT2D eigenvalue weighted by Gasteiger charge is 2.05. The van der Waals surface area contributed by atoms with E-state index in [0.717, 1.165) is 0 Å². The molecular weight excluding hydrogens is 300 g/mol. The largest absolute Gasteiger partial charge is 0.0654 e. The molecule has 0 N–H and O–H groups in total. The Balaban J connectivity index is 1.90. The first-order valence-electron chi connectivity index (χ1n) is 11.3. The van der Waals surface area contributed by atoms with Crippen molar-refractivity contribution in [3.05, 3.63) is 35.4 Å². The SMILES string of the molecule is CCCCCCCCCCCCCCCCc1ccccc1C(C)C. The van der Waals surface area contributed by atoms with Crippen LogP contribution in [-0.4, -0.2) is 0 Å². The van der Waals surface area contributed by atoms with Crippen molar-refractivity contribution in [2.24, 2.45) is 0 Å². The van der Waals surface area contributed by atoms with Crippen LogP contribution in [0.3, 0.4) is 0 Å². The Morgan fingerprint density at radius 3 is 1.52 bits per heavy atom. The Labute approximate surface area is 158 Å². The maximum atomic E-state index is 2.33. The quantitative estimate of drug-likeness (QED) is 0.263. The molecule has 0 heterocycles. The molecule has 0 aromatic heterocycles. The van der Waals surface area contributed by atoms with Gasteiger partial charge in [0.25, 0.3) is 0 Å². The van der Waals surface area contributed by atoms with Crippen LogP contribution in [0.15, 0.2) is 24.3 Å². The van der Waals surface area contributed by atoms with Crippen molar-refractivity contribution in [3.63, 3.8) is 0 Å². The Bertz CT molecular complexity index is 404. The predicted octanol–water partition coefficient (Wildman–Crippen LogP) is 8.83. The molecule has 25 heavy (non-hydrogen) atoms. The lowest BCUT2D eigenvalue weighted by atomic mass is 9.93. The van der Waals surface area contributed by atoms with E-state index in [9.17, 15) is 0 Å². The fourth-order valence-corrected chi connectivity index (χ4v) is 3.84. The number of rotatable bonds is 16. The molecule has 0 bridgehead atoms. The Hall–Kier alpha value is -0.780. The minimum absolute atomic E-state index is 0.655. The molecule has 1 rings (SSSR count). The molecule has 144 valence electrons. The predicted molar refractivity (Wildman–Crippen MR) is 115 cm³/mol. The molecule has 0 aliphatic rings. The zero-order chi connectivity index (χ0) is 18.2. The highest BCUT2D eigenvalue weighted by molar-refractivity contribution is 5.29. The van der Waals surface area contributed by atoms with Gasteiger partial charge in [-0.3, -0.25) is 0 Å². The van der Waals surface area contributed by atoms with Crippen LogP contribution in [0, 0.1) is 0 Å². The minimum atomic E-state index is 0.655. The zero-order valence-corrected chi connectivity index (χ0v) is 17.5. The third-order valence-corrected chi connectivity index (χ3v) is 5.48. The van der Waals surface area contributed by atoms with Crippen molar-refractivity contribution >= 4 is 0 Å². The van der Waals surface area contributed by atoms with Gasteiger partial charge in [-0.05, 0) is 29.9 Å². The van der Waals surface area contributed by atoms with E-state index in [1.54, 1.807) is 11.1 Å². The summed E-state index contributed by atoms with van der Waals surface area (Å²) in [5, 5.41) is 0. The standard InChI is InChI=1S/C25H44/c1-4-5-6-7-8-9-10-11-12-13-14-15-16-17-20-24-21-18-19-22-25(24)23(2)3/h18-19,21-23H,4-17,20H2,1-3H3. The zero-order valence-electron chi connectivity index (χ0n) is 17.5. The molecule has 0 aliphatic heterocycles. The maximum absolute atomic E-state index is 2.33. The second-order valence-corrected chi connectivity index (χ2v) is 8.20. The summed E-state index contributed by atoms with van der Waals surface area (Å²) in [5.74, 6) is 0.655. The molecule has 0 spiro atoms. The van der Waals surface area contributed by atoms with Gasteiger partial charge in [-0.2, -0.15) is 0 Å². The monoisotopic (exact) mass is 344 g/mol. The van der Waals surface area contributed by atoms with Gasteiger partial charge in [0.15, 0.2) is 0 Å². The minimum Gasteiger partial charge on any atom is -0.0654 e. The van der Waals surface area contributed by atoms with Gasteiger partial charge in [0.2, 0.25) is 0 Å². The van der Waals surface area contributed by atoms with Crippen molar-refractivity contribution in [1.82, 2.24) is 0 Å². The topological polar surface area (TPSA) is 0 Å². The molecule has 0 heteroatoms. The second-order valence-electron chi connectivity index (χ2n) is 8.20. The molecule has 0 atom stereocenters. The van der Waals surface area contributed by atoms with Gasteiger partial charge in [0.05, 0.1) is 0 Å². The van der Waals surface area contributed by atoms with Gasteiger partial charge < -0.3 is 0 Å². The normalized spacial score (nSPS) is 11.4. The molecule has 0 radical (unpaired) electrons. The summed E-state index contributed by atoms with van der Waals surface area (Å²) >= 11 is 0. The van der Waals surface area contributed by atoms with Crippen molar-refractivity contribution in [2.75, 3.05) is 0 Å². The van der Waals surface area contributed by atoms with E-state index in [2.05, 4.69) is 45.0 Å². The maximum Gasteiger partial charge on any atom is -0.0216 e. The van der Waals surface area contributed by atoms with Crippen LogP contribution in [0.1, 0.15) is 128 Å². The summed E-state index contributed by atoms with van der Waals surface area (Å²) in [7, 11) is 0. The fraction of sp³-hybridized carbons (Fsp3) is 0.760. The number of hydrogen-bond donors (Lipinski definition) is 0. The van der Waals surface area contributed by atoms with Crippen LogP contribution in [0.25, 0.3) is 0 Å². The average molecular weight is 345 g/mol. The third kappa shape index (κ3) is 11.4. The highest BCUT2D eigenvalue weighted by Crippen LogP contribution is 2.21. The van der Waals surface area contributed by atoms with Gasteiger partial charge in [0, 0.05) is 0 Å². The third-order valence-electron chi connectivity index (χ3n) is 5.48. The first-order valence-corrected chi connectivity index (χ1v) is 11.3. The van der Waals surface area contributed by atoms with Crippen LogP contribution >= 0.6 is 0 Å². The van der Waals surface area contributed by atoms with E-state index >= 15 is 0 Å². The van der Waals surface area contributed by atoms with Crippen LogP contribution in [0.4, 0.5) is 0 Å². The summed E-state index contributed by atoms with van der Waals surface area (Å²) in [6.45, 7) is 6.92. The molecule has 1 aromatic carbocycles. The molecule has 0 saturated heterocycles. The van der Waals surface area contributed by atoms with Crippen LogP contribution < -0.4 is 0 Å². The first-order chi connectivity index (χ1) is 12.3. The molecule has 0 amide bonds. The second kappa shape index (κ2) is 15.5. The Morgan fingerprint density at radius 1 is 0.600 bits per heavy atom. The van der Waals surface area contributed by atoms with E-state index in [1.165, 1.54) is 96.3 Å². The summed E-state index contributed by atoms with van der Waals surface area (Å²) in [6, 6.07) is 9.02. The Kier molecular flexibility index (Phi) is 13.8. The van der Waals surface area contributed by atoms with E-state index in [-0.39, 0.29) is 0 Å². The van der Waals surface area contributed by atoms with Crippen molar-refractivity contribution in [2.45, 2.75) is 123 Å². The van der Waals surface area contributed by atoms with Gasteiger partial charge in [-0.25, -0.2) is 0 Å². The first kappa shape index (κ1) is 22.3. The van der Waals surface area contributed by atoms with Crippen LogP contribution in [0.2, 0.25) is 0 Å². The van der Waals surface area contributed by atoms with Gasteiger partial charge in [-0.1, -0.05) is 129 Å². The van der Waals surface area contributed by atoms with E-state index in [4.69, 9.17) is 0 Å². The molecule has 0 saturated carbocycles. The van der Waals surface area contributed by atoms with Gasteiger partial charge >= 0.3 is 0 Å². The molecule has 0 aliphatic carbocycles. The van der Waals surface area contributed by atoms with Crippen LogP contribution in [-0.2, 0) is 6.42 Å². The summed E-state index contributed by atoms with van der Waals surface area (Å²) in [5.41, 5.74) is 3.13. The summed E-state index contributed by atoms with van der Waals surface area (Å²) in [6.07, 6.45) is 21.4. The highest BCUT2D eigenvalue weighted by atomic mass is 14.1. The van der Waals surface area contributed by atoms with Gasteiger partial charge in [0.1, 0.15) is 0 Å². The lowest BCUT2D eigenvalue weighted by Gasteiger charge is -2.12. The molecule has 1 aromatic rings. The van der Waals surface area contributed by atoms with Crippen molar-refractivity contribution in [3.8, 4) is 0 Å². The van der Waals surface area contributed by atoms with Crippen molar-refractivity contribution < 1.29 is 0 Å². The molecule has 0 unspecified atom stereocenters. The number of aryl methyl sites for hydroxylation is 1. The van der Waals surface area contributed by atoms with E-state index < -0.39 is 0 Å².